The monoisotopic (exact) mass is 508 g/mol. The number of aryl methyl sites for hydroxylation is 3. The molecule has 3 heterocycles. The van der Waals surface area contributed by atoms with E-state index in [2.05, 4.69) is 57.1 Å². The normalized spacial score (nSPS) is 10.6. The van der Waals surface area contributed by atoms with E-state index in [-0.39, 0.29) is 6.15 Å². The topological polar surface area (TPSA) is 87.0 Å². The smallest absolute Gasteiger partial charge is 0.373 e. The van der Waals surface area contributed by atoms with Crippen LogP contribution in [-0.4, -0.2) is 38.3 Å². The Labute approximate surface area is 213 Å². The Morgan fingerprint density at radius 2 is 1.74 bits per heavy atom. The Hall–Kier alpha value is -3.26. The quantitative estimate of drug-likeness (QED) is 0.290. The highest BCUT2D eigenvalue weighted by Crippen LogP contribution is 2.42. The lowest BCUT2D eigenvalue weighted by atomic mass is 10.0. The fourth-order valence-corrected chi connectivity index (χ4v) is 6.00. The maximum Gasteiger partial charge on any atom is 0.373 e. The lowest BCUT2D eigenvalue weighted by Gasteiger charge is -2.08. The van der Waals surface area contributed by atoms with E-state index in [0.29, 0.717) is 5.25 Å². The molecule has 4 rings (SSSR count). The molecule has 3 aromatic heterocycles. The molecule has 0 saturated carbocycles. The molecular weight excluding hydrogens is 480 g/mol. The highest BCUT2D eigenvalue weighted by Gasteiger charge is 2.20. The molecule has 0 aliphatic heterocycles. The van der Waals surface area contributed by atoms with E-state index in [9.17, 15) is 0 Å². The maximum absolute atomic E-state index is 8.12. The Kier molecular flexibility index (Phi) is 8.98. The summed E-state index contributed by atoms with van der Waals surface area (Å²) in [7, 11) is 1.70. The van der Waals surface area contributed by atoms with Gasteiger partial charge < -0.3 is 4.74 Å². The molecule has 0 unspecified atom stereocenters. The Morgan fingerprint density at radius 3 is 2.40 bits per heavy atom. The number of hydrogen-bond acceptors (Lipinski definition) is 8. The first-order valence-corrected chi connectivity index (χ1v) is 12.8. The van der Waals surface area contributed by atoms with Gasteiger partial charge in [-0.05, 0) is 50.1 Å². The van der Waals surface area contributed by atoms with E-state index >= 15 is 0 Å². The molecule has 0 aliphatic rings. The van der Waals surface area contributed by atoms with Crippen molar-refractivity contribution in [1.29, 1.82) is 0 Å². The van der Waals surface area contributed by atoms with E-state index in [0.717, 1.165) is 45.6 Å². The summed E-state index contributed by atoms with van der Waals surface area (Å²) >= 11 is 3.50. The van der Waals surface area contributed by atoms with Crippen molar-refractivity contribution in [3.05, 3.63) is 70.8 Å². The van der Waals surface area contributed by atoms with Gasteiger partial charge in [0.25, 0.3) is 0 Å². The van der Waals surface area contributed by atoms with Gasteiger partial charge in [-0.1, -0.05) is 43.4 Å². The Morgan fingerprint density at radius 1 is 1.03 bits per heavy atom. The predicted molar refractivity (Wildman–Crippen MR) is 138 cm³/mol. The summed E-state index contributed by atoms with van der Waals surface area (Å²) in [6.07, 6.45) is 3.16. The molecule has 0 aliphatic carbocycles. The van der Waals surface area contributed by atoms with Crippen LogP contribution in [0.25, 0.3) is 16.4 Å². The molecular formula is C26H28N4O3S2. The predicted octanol–water partition coefficient (Wildman–Crippen LogP) is 5.83. The fourth-order valence-electron chi connectivity index (χ4n) is 3.57. The summed E-state index contributed by atoms with van der Waals surface area (Å²) in [5.41, 5.74) is 7.49. The van der Waals surface area contributed by atoms with Crippen LogP contribution in [0.4, 0.5) is 0 Å². The largest absolute Gasteiger partial charge is 0.496 e. The molecule has 0 spiro atoms. The number of thioether (sulfide) groups is 1. The second-order valence-corrected chi connectivity index (χ2v) is 11.0. The van der Waals surface area contributed by atoms with Crippen LogP contribution in [0.5, 0.6) is 5.75 Å². The summed E-state index contributed by atoms with van der Waals surface area (Å²) in [4.78, 5) is 25.9. The average Bonchev–Trinajstić information content (AvgIpc) is 3.39. The van der Waals surface area contributed by atoms with Gasteiger partial charge in [0, 0.05) is 34.8 Å². The van der Waals surface area contributed by atoms with Crippen LogP contribution < -0.4 is 4.74 Å². The van der Waals surface area contributed by atoms with E-state index in [1.54, 1.807) is 18.4 Å². The molecule has 4 aromatic rings. The van der Waals surface area contributed by atoms with Gasteiger partial charge >= 0.3 is 6.15 Å². The molecule has 0 amide bonds. The number of methoxy groups -OCH3 is 1. The van der Waals surface area contributed by atoms with Crippen molar-refractivity contribution >= 4 is 29.3 Å². The standard InChI is InChI=1S/C25H28N4OS2.CO2/c1-15(2)31-24-23(21-9-7-8-10-22(21)30-6)27-25(32-24)29-14-20(18(5)28-29)13-19-12-11-16(3)26-17(19)4;2-1-3/h7-12,14-15H,13H2,1-6H3;. The lowest BCUT2D eigenvalue weighted by Crippen LogP contribution is -1.96. The van der Waals surface area contributed by atoms with Gasteiger partial charge in [0.05, 0.1) is 17.0 Å². The van der Waals surface area contributed by atoms with Crippen molar-refractivity contribution in [2.75, 3.05) is 7.11 Å². The highest BCUT2D eigenvalue weighted by atomic mass is 32.2. The summed E-state index contributed by atoms with van der Waals surface area (Å²) in [5.74, 6) is 0.828. The number of benzene rings is 1. The third-order valence-electron chi connectivity index (χ3n) is 5.20. The number of para-hydroxylation sites is 1. The molecule has 35 heavy (non-hydrogen) atoms. The molecule has 0 bridgehead atoms. The van der Waals surface area contributed by atoms with Crippen molar-refractivity contribution < 1.29 is 14.3 Å². The zero-order valence-electron chi connectivity index (χ0n) is 20.7. The number of hydrogen-bond donors (Lipinski definition) is 0. The number of carbonyl (C=O) groups excluding carboxylic acids is 2. The van der Waals surface area contributed by atoms with Crippen molar-refractivity contribution in [3.63, 3.8) is 0 Å². The Bertz CT molecular complexity index is 1340. The van der Waals surface area contributed by atoms with Crippen LogP contribution in [0.3, 0.4) is 0 Å². The Balaban J connectivity index is 0.00000108. The van der Waals surface area contributed by atoms with Gasteiger partial charge in [-0.15, -0.1) is 11.8 Å². The molecule has 0 fully saturated rings. The van der Waals surface area contributed by atoms with Crippen LogP contribution in [0.2, 0.25) is 0 Å². The van der Waals surface area contributed by atoms with E-state index in [1.807, 2.05) is 41.6 Å². The summed E-state index contributed by atoms with van der Waals surface area (Å²) in [6, 6.07) is 12.3. The second-order valence-electron chi connectivity index (χ2n) is 8.14. The van der Waals surface area contributed by atoms with Crippen LogP contribution in [0.1, 0.15) is 42.1 Å². The first-order valence-electron chi connectivity index (χ1n) is 11.1. The van der Waals surface area contributed by atoms with Crippen LogP contribution in [0.15, 0.2) is 46.8 Å². The third kappa shape index (κ3) is 6.45. The number of thiazole rings is 1. The zero-order valence-corrected chi connectivity index (χ0v) is 22.3. The van der Waals surface area contributed by atoms with Crippen LogP contribution in [0, 0.1) is 20.8 Å². The first-order chi connectivity index (χ1) is 16.8. The third-order valence-corrected chi connectivity index (χ3v) is 7.46. The van der Waals surface area contributed by atoms with Gasteiger partial charge in [-0.25, -0.2) is 9.67 Å². The van der Waals surface area contributed by atoms with Crippen LogP contribution >= 0.6 is 23.1 Å². The second kappa shape index (κ2) is 11.9. The maximum atomic E-state index is 8.12. The minimum absolute atomic E-state index is 0.250. The van der Waals surface area contributed by atoms with E-state index < -0.39 is 0 Å². The van der Waals surface area contributed by atoms with E-state index in [1.165, 1.54) is 15.3 Å². The van der Waals surface area contributed by atoms with E-state index in [4.69, 9.17) is 24.4 Å². The van der Waals surface area contributed by atoms with Crippen LogP contribution in [-0.2, 0) is 16.0 Å². The number of nitrogens with zero attached hydrogens (tertiary/aromatic N) is 4. The minimum atomic E-state index is 0.250. The summed E-state index contributed by atoms with van der Waals surface area (Å²) in [6.45, 7) is 10.5. The van der Waals surface area contributed by atoms with Crippen molar-refractivity contribution in [2.24, 2.45) is 0 Å². The highest BCUT2D eigenvalue weighted by molar-refractivity contribution is 8.01. The molecule has 7 nitrogen and oxygen atoms in total. The molecule has 9 heteroatoms. The molecule has 1 aromatic carbocycles. The number of ether oxygens (including phenoxy) is 1. The fraction of sp³-hybridized carbons (Fsp3) is 0.308. The lowest BCUT2D eigenvalue weighted by molar-refractivity contribution is -0.191. The van der Waals surface area contributed by atoms with Gasteiger partial charge in [0.15, 0.2) is 0 Å². The molecule has 0 radical (unpaired) electrons. The SMILES string of the molecule is COc1ccccc1-c1nc(-n2cc(Cc3ccc(C)nc3C)c(C)n2)sc1SC(C)C.O=C=O. The molecule has 182 valence electrons. The van der Waals surface area contributed by atoms with Gasteiger partial charge in [-0.3, -0.25) is 4.98 Å². The van der Waals surface area contributed by atoms with Gasteiger partial charge in [0.2, 0.25) is 5.13 Å². The minimum Gasteiger partial charge on any atom is -0.496 e. The van der Waals surface area contributed by atoms with Crippen molar-refractivity contribution in [3.8, 4) is 22.1 Å². The molecule has 0 atom stereocenters. The van der Waals surface area contributed by atoms with Crippen molar-refractivity contribution in [1.82, 2.24) is 19.7 Å². The van der Waals surface area contributed by atoms with Gasteiger partial charge in [-0.2, -0.15) is 14.7 Å². The average molecular weight is 509 g/mol. The zero-order chi connectivity index (χ0) is 25.5. The number of aromatic nitrogens is 4. The summed E-state index contributed by atoms with van der Waals surface area (Å²) < 4.78 is 8.70. The molecule has 0 N–H and O–H groups in total. The number of pyridine rings is 1. The first kappa shape index (κ1) is 26.3. The van der Waals surface area contributed by atoms with Crippen molar-refractivity contribution in [2.45, 2.75) is 50.5 Å². The molecule has 0 saturated heterocycles. The van der Waals surface area contributed by atoms with Gasteiger partial charge in [0.1, 0.15) is 11.4 Å². The number of rotatable bonds is 7. The summed E-state index contributed by atoms with van der Waals surface area (Å²) in [5, 5.41) is 6.11.